The van der Waals surface area contributed by atoms with Gasteiger partial charge in [0.1, 0.15) is 18.4 Å². The Bertz CT molecular complexity index is 626. The van der Waals surface area contributed by atoms with E-state index in [0.717, 1.165) is 16.9 Å². The summed E-state index contributed by atoms with van der Waals surface area (Å²) in [6, 6.07) is 17.4. The molecule has 1 N–H and O–H groups in total. The van der Waals surface area contributed by atoms with Crippen LogP contribution in [0.5, 0.6) is 5.75 Å². The third kappa shape index (κ3) is 5.11. The Morgan fingerprint density at radius 1 is 1.13 bits per heavy atom. The van der Waals surface area contributed by atoms with Crippen LogP contribution in [0.2, 0.25) is 0 Å². The summed E-state index contributed by atoms with van der Waals surface area (Å²) >= 11 is 0. The normalized spacial score (nSPS) is 12.0. The van der Waals surface area contributed by atoms with Crippen molar-refractivity contribution in [2.45, 2.75) is 13.0 Å². The van der Waals surface area contributed by atoms with Gasteiger partial charge in [0.25, 0.3) is 0 Å². The molecule has 0 spiro atoms. The van der Waals surface area contributed by atoms with Crippen molar-refractivity contribution in [3.63, 3.8) is 0 Å². The molecule has 0 bridgehead atoms. The first kappa shape index (κ1) is 17.0. The van der Waals surface area contributed by atoms with E-state index in [9.17, 15) is 4.79 Å². The van der Waals surface area contributed by atoms with Crippen molar-refractivity contribution in [3.8, 4) is 5.75 Å². The van der Waals surface area contributed by atoms with E-state index in [4.69, 9.17) is 4.74 Å². The Labute approximate surface area is 138 Å². The maximum atomic E-state index is 12.4. The Kier molecular flexibility index (Phi) is 6.18. The molecule has 2 rings (SSSR count). The Balaban J connectivity index is 1.85. The molecule has 1 atom stereocenters. The molecule has 0 saturated carbocycles. The lowest BCUT2D eigenvalue weighted by atomic mass is 10.1. The van der Waals surface area contributed by atoms with Crippen LogP contribution in [-0.4, -0.2) is 38.1 Å². The number of ether oxygens (including phenoxy) is 1. The Morgan fingerprint density at radius 2 is 1.87 bits per heavy atom. The van der Waals surface area contributed by atoms with Crippen LogP contribution in [0.25, 0.3) is 0 Å². The molecule has 2 aromatic rings. The molecule has 2 aromatic carbocycles. The molecule has 0 saturated heterocycles. The van der Waals surface area contributed by atoms with Crippen molar-refractivity contribution in [2.24, 2.45) is 0 Å². The van der Waals surface area contributed by atoms with Gasteiger partial charge in [0, 0.05) is 0 Å². The summed E-state index contributed by atoms with van der Waals surface area (Å²) in [5.41, 5.74) is 2.14. The van der Waals surface area contributed by atoms with Crippen LogP contribution in [-0.2, 0) is 4.79 Å². The summed E-state index contributed by atoms with van der Waals surface area (Å²) in [6.07, 6.45) is 0. The highest BCUT2D eigenvalue weighted by molar-refractivity contribution is 5.83. The van der Waals surface area contributed by atoms with Crippen LogP contribution in [0.1, 0.15) is 17.2 Å². The minimum atomic E-state index is -0.296. The van der Waals surface area contributed by atoms with Gasteiger partial charge < -0.3 is 10.1 Å². The highest BCUT2D eigenvalue weighted by Crippen LogP contribution is 2.17. The van der Waals surface area contributed by atoms with Gasteiger partial charge in [0.05, 0.1) is 6.54 Å². The van der Waals surface area contributed by atoms with Crippen LogP contribution >= 0.6 is 0 Å². The average molecular weight is 312 g/mol. The Morgan fingerprint density at radius 3 is 2.52 bits per heavy atom. The van der Waals surface area contributed by atoms with Crippen molar-refractivity contribution in [3.05, 3.63) is 65.7 Å². The molecule has 0 aliphatic rings. The molecule has 4 nitrogen and oxygen atoms in total. The lowest BCUT2D eigenvalue weighted by Crippen LogP contribution is -2.38. The van der Waals surface area contributed by atoms with Crippen LogP contribution in [0.4, 0.5) is 0 Å². The topological polar surface area (TPSA) is 41.6 Å². The molecule has 0 aliphatic heterocycles. The molecule has 23 heavy (non-hydrogen) atoms. The number of carbonyl (C=O) groups is 1. The second-order valence-electron chi connectivity index (χ2n) is 5.73. The zero-order valence-corrected chi connectivity index (χ0v) is 14.0. The van der Waals surface area contributed by atoms with E-state index in [1.165, 1.54) is 0 Å². The van der Waals surface area contributed by atoms with Gasteiger partial charge in [-0.3, -0.25) is 9.69 Å². The first-order valence-electron chi connectivity index (χ1n) is 7.76. The molecular formula is C19H24N2O2. The number of hydrogen-bond donors (Lipinski definition) is 1. The van der Waals surface area contributed by atoms with Crippen molar-refractivity contribution >= 4 is 5.91 Å². The van der Waals surface area contributed by atoms with Crippen LogP contribution < -0.4 is 10.1 Å². The van der Waals surface area contributed by atoms with Crippen LogP contribution in [0.15, 0.2) is 54.6 Å². The SMILES string of the molecule is Cc1cccc(OCCNC(=O)[C@@H](c2ccccc2)N(C)C)c1. The first-order valence-corrected chi connectivity index (χ1v) is 7.76. The molecule has 0 aliphatic carbocycles. The van der Waals surface area contributed by atoms with Gasteiger partial charge >= 0.3 is 0 Å². The predicted molar refractivity (Wildman–Crippen MR) is 92.6 cm³/mol. The molecule has 122 valence electrons. The number of hydrogen-bond acceptors (Lipinski definition) is 3. The van der Waals surface area contributed by atoms with E-state index in [0.29, 0.717) is 13.2 Å². The largest absolute Gasteiger partial charge is 0.492 e. The molecule has 0 heterocycles. The maximum absolute atomic E-state index is 12.4. The maximum Gasteiger partial charge on any atom is 0.242 e. The zero-order chi connectivity index (χ0) is 16.7. The number of amides is 1. The van der Waals surface area contributed by atoms with Gasteiger partial charge in [-0.15, -0.1) is 0 Å². The van der Waals surface area contributed by atoms with Gasteiger partial charge in [-0.05, 0) is 44.3 Å². The van der Waals surface area contributed by atoms with Crippen molar-refractivity contribution in [1.82, 2.24) is 10.2 Å². The number of rotatable bonds is 7. The summed E-state index contributed by atoms with van der Waals surface area (Å²) in [7, 11) is 3.81. The minimum absolute atomic E-state index is 0.0194. The van der Waals surface area contributed by atoms with Crippen molar-refractivity contribution in [1.29, 1.82) is 0 Å². The molecular weight excluding hydrogens is 288 g/mol. The van der Waals surface area contributed by atoms with E-state index in [2.05, 4.69) is 5.32 Å². The van der Waals surface area contributed by atoms with Gasteiger partial charge in [-0.1, -0.05) is 42.5 Å². The summed E-state index contributed by atoms with van der Waals surface area (Å²) in [6.45, 7) is 2.95. The zero-order valence-electron chi connectivity index (χ0n) is 14.0. The molecule has 0 unspecified atom stereocenters. The summed E-state index contributed by atoms with van der Waals surface area (Å²) in [5.74, 6) is 0.806. The Hall–Kier alpha value is -2.33. The monoisotopic (exact) mass is 312 g/mol. The van der Waals surface area contributed by atoms with Gasteiger partial charge in [0.15, 0.2) is 0 Å². The summed E-state index contributed by atoms with van der Waals surface area (Å²) in [4.78, 5) is 14.4. The van der Waals surface area contributed by atoms with E-state index < -0.39 is 0 Å². The number of nitrogens with one attached hydrogen (secondary N) is 1. The number of carbonyl (C=O) groups excluding carboxylic acids is 1. The van der Waals surface area contributed by atoms with Crippen molar-refractivity contribution in [2.75, 3.05) is 27.2 Å². The fourth-order valence-corrected chi connectivity index (χ4v) is 2.46. The number of nitrogens with zero attached hydrogens (tertiary/aromatic N) is 1. The fourth-order valence-electron chi connectivity index (χ4n) is 2.46. The number of aryl methyl sites for hydroxylation is 1. The third-order valence-electron chi connectivity index (χ3n) is 3.54. The second-order valence-corrected chi connectivity index (χ2v) is 5.73. The average Bonchev–Trinajstić information content (AvgIpc) is 2.52. The molecule has 1 amide bonds. The van der Waals surface area contributed by atoms with E-state index in [1.54, 1.807) is 0 Å². The minimum Gasteiger partial charge on any atom is -0.492 e. The van der Waals surface area contributed by atoms with Gasteiger partial charge in [-0.2, -0.15) is 0 Å². The second kappa shape index (κ2) is 8.34. The predicted octanol–water partition coefficient (Wildman–Crippen LogP) is 2.79. The standard InChI is InChI=1S/C19H24N2O2/c1-15-8-7-11-17(14-15)23-13-12-20-19(22)18(21(2)3)16-9-5-4-6-10-16/h4-11,14,18H,12-13H2,1-3H3,(H,20,22)/t18-/m1/s1. The van der Waals surface area contributed by atoms with Crippen molar-refractivity contribution < 1.29 is 9.53 Å². The number of benzene rings is 2. The summed E-state index contributed by atoms with van der Waals surface area (Å²) < 4.78 is 5.65. The van der Waals surface area contributed by atoms with Crippen LogP contribution in [0.3, 0.4) is 0 Å². The highest BCUT2D eigenvalue weighted by Gasteiger charge is 2.22. The first-order chi connectivity index (χ1) is 11.1. The van der Waals surface area contributed by atoms with E-state index >= 15 is 0 Å². The third-order valence-corrected chi connectivity index (χ3v) is 3.54. The number of likely N-dealkylation sites (N-methyl/N-ethyl adjacent to an activating group) is 1. The summed E-state index contributed by atoms with van der Waals surface area (Å²) in [5, 5.41) is 2.94. The van der Waals surface area contributed by atoms with Gasteiger partial charge in [0.2, 0.25) is 5.91 Å². The van der Waals surface area contributed by atoms with Gasteiger partial charge in [-0.25, -0.2) is 0 Å². The lowest BCUT2D eigenvalue weighted by Gasteiger charge is -2.23. The van der Waals surface area contributed by atoms with Crippen LogP contribution in [0, 0.1) is 6.92 Å². The fraction of sp³-hybridized carbons (Fsp3) is 0.316. The highest BCUT2D eigenvalue weighted by atomic mass is 16.5. The molecule has 0 radical (unpaired) electrons. The van der Waals surface area contributed by atoms with E-state index in [-0.39, 0.29) is 11.9 Å². The molecule has 0 aromatic heterocycles. The quantitative estimate of drug-likeness (QED) is 0.799. The van der Waals surface area contributed by atoms with E-state index in [1.807, 2.05) is 80.5 Å². The smallest absolute Gasteiger partial charge is 0.242 e. The molecule has 0 fully saturated rings. The molecule has 4 heteroatoms. The lowest BCUT2D eigenvalue weighted by molar-refractivity contribution is -0.125.